The van der Waals surface area contributed by atoms with Gasteiger partial charge < -0.3 is 14.7 Å². The molecule has 0 unspecified atom stereocenters. The lowest BCUT2D eigenvalue weighted by Crippen LogP contribution is -1.93. The number of aromatic nitrogens is 2. The summed E-state index contributed by atoms with van der Waals surface area (Å²) in [7, 11) is 0. The van der Waals surface area contributed by atoms with Gasteiger partial charge in [0, 0.05) is 12.5 Å². The molecule has 2 N–H and O–H groups in total. The topological polar surface area (TPSA) is 79.4 Å². The summed E-state index contributed by atoms with van der Waals surface area (Å²) in [5, 5.41) is 22.8. The van der Waals surface area contributed by atoms with Crippen LogP contribution in [0.4, 0.5) is 0 Å². The molecule has 5 nitrogen and oxygen atoms in total. The van der Waals surface area contributed by atoms with Gasteiger partial charge in [0.1, 0.15) is 11.5 Å². The highest BCUT2D eigenvalue weighted by Crippen LogP contribution is 2.30. The largest absolute Gasteiger partial charge is 0.508 e. The van der Waals surface area contributed by atoms with E-state index in [1.165, 1.54) is 12.1 Å². The van der Waals surface area contributed by atoms with E-state index in [1.807, 2.05) is 0 Å². The monoisotopic (exact) mass is 248 g/mol. The van der Waals surface area contributed by atoms with E-state index in [0.717, 1.165) is 12.8 Å². The van der Waals surface area contributed by atoms with Crippen LogP contribution < -0.4 is 0 Å². The van der Waals surface area contributed by atoms with Crippen molar-refractivity contribution in [1.29, 1.82) is 0 Å². The van der Waals surface area contributed by atoms with Crippen LogP contribution in [0.25, 0.3) is 11.5 Å². The zero-order chi connectivity index (χ0) is 13.1. The van der Waals surface area contributed by atoms with Crippen LogP contribution in [0.5, 0.6) is 11.5 Å². The number of hydrogen-bond acceptors (Lipinski definition) is 5. The molecule has 0 saturated heterocycles. The Balaban J connectivity index is 2.18. The van der Waals surface area contributed by atoms with Crippen LogP contribution in [0.1, 0.15) is 26.1 Å². The zero-order valence-electron chi connectivity index (χ0n) is 10.4. The Hall–Kier alpha value is -2.04. The number of hydrogen-bond donors (Lipinski definition) is 2. The van der Waals surface area contributed by atoms with Crippen LogP contribution in [0.2, 0.25) is 0 Å². The van der Waals surface area contributed by atoms with Gasteiger partial charge in [-0.2, -0.15) is 4.98 Å². The molecule has 0 fully saturated rings. The van der Waals surface area contributed by atoms with Crippen molar-refractivity contribution in [2.45, 2.75) is 26.7 Å². The summed E-state index contributed by atoms with van der Waals surface area (Å²) in [6, 6.07) is 4.25. The number of benzene rings is 1. The third kappa shape index (κ3) is 2.80. The van der Waals surface area contributed by atoms with E-state index < -0.39 is 0 Å². The second kappa shape index (κ2) is 5.08. The molecule has 96 valence electrons. The Morgan fingerprint density at radius 3 is 2.72 bits per heavy atom. The van der Waals surface area contributed by atoms with Crippen molar-refractivity contribution in [2.75, 3.05) is 0 Å². The van der Waals surface area contributed by atoms with Gasteiger partial charge in [-0.3, -0.25) is 0 Å². The quantitative estimate of drug-likeness (QED) is 0.869. The van der Waals surface area contributed by atoms with E-state index in [0.29, 0.717) is 17.3 Å². The van der Waals surface area contributed by atoms with Crippen molar-refractivity contribution in [3.63, 3.8) is 0 Å². The Kier molecular flexibility index (Phi) is 3.50. The van der Waals surface area contributed by atoms with Gasteiger partial charge >= 0.3 is 0 Å². The second-order valence-corrected chi connectivity index (χ2v) is 4.65. The SMILES string of the molecule is CC(C)CCc1noc(-c2ccc(O)cc2O)n1. The van der Waals surface area contributed by atoms with E-state index in [-0.39, 0.29) is 17.4 Å². The molecule has 2 rings (SSSR count). The lowest BCUT2D eigenvalue weighted by molar-refractivity contribution is 0.413. The molecular weight excluding hydrogens is 232 g/mol. The fraction of sp³-hybridized carbons (Fsp3) is 0.385. The number of rotatable bonds is 4. The van der Waals surface area contributed by atoms with Crippen LogP contribution in [0.3, 0.4) is 0 Å². The van der Waals surface area contributed by atoms with Crippen LogP contribution in [0.15, 0.2) is 22.7 Å². The molecule has 0 radical (unpaired) electrons. The van der Waals surface area contributed by atoms with Gasteiger partial charge in [-0.15, -0.1) is 0 Å². The molecule has 0 atom stereocenters. The number of phenols is 2. The van der Waals surface area contributed by atoms with Gasteiger partial charge in [-0.1, -0.05) is 19.0 Å². The molecule has 0 aliphatic carbocycles. The molecule has 0 aliphatic rings. The maximum absolute atomic E-state index is 9.68. The molecule has 5 heteroatoms. The normalized spacial score (nSPS) is 11.1. The number of aromatic hydroxyl groups is 2. The summed E-state index contributed by atoms with van der Waals surface area (Å²) < 4.78 is 5.10. The average molecular weight is 248 g/mol. The van der Waals surface area contributed by atoms with E-state index in [1.54, 1.807) is 6.07 Å². The predicted octanol–water partition coefficient (Wildman–Crippen LogP) is 2.74. The molecule has 1 heterocycles. The third-order valence-corrected chi connectivity index (χ3v) is 2.63. The maximum atomic E-state index is 9.68. The molecule has 18 heavy (non-hydrogen) atoms. The maximum Gasteiger partial charge on any atom is 0.261 e. The lowest BCUT2D eigenvalue weighted by Gasteiger charge is -2.00. The van der Waals surface area contributed by atoms with Crippen molar-refractivity contribution < 1.29 is 14.7 Å². The molecule has 2 aromatic rings. The molecule has 0 bridgehead atoms. The standard InChI is InChI=1S/C13H16N2O3/c1-8(2)3-6-12-14-13(18-15-12)10-5-4-9(16)7-11(10)17/h4-5,7-8,16-17H,3,6H2,1-2H3. The van der Waals surface area contributed by atoms with Crippen molar-refractivity contribution in [2.24, 2.45) is 5.92 Å². The molecule has 0 saturated carbocycles. The van der Waals surface area contributed by atoms with Gasteiger partial charge in [0.15, 0.2) is 5.82 Å². The van der Waals surface area contributed by atoms with E-state index in [9.17, 15) is 10.2 Å². The highest BCUT2D eigenvalue weighted by Gasteiger charge is 2.13. The fourth-order valence-electron chi connectivity index (χ4n) is 1.58. The Morgan fingerprint density at radius 2 is 2.06 bits per heavy atom. The predicted molar refractivity (Wildman–Crippen MR) is 66.2 cm³/mol. The smallest absolute Gasteiger partial charge is 0.261 e. The second-order valence-electron chi connectivity index (χ2n) is 4.65. The molecule has 1 aromatic carbocycles. The van der Waals surface area contributed by atoms with Gasteiger partial charge in [0.2, 0.25) is 0 Å². The number of nitrogens with zero attached hydrogens (tertiary/aromatic N) is 2. The van der Waals surface area contributed by atoms with E-state index in [4.69, 9.17) is 4.52 Å². The van der Waals surface area contributed by atoms with E-state index in [2.05, 4.69) is 24.0 Å². The van der Waals surface area contributed by atoms with Crippen LogP contribution in [-0.4, -0.2) is 20.4 Å². The zero-order valence-corrected chi connectivity index (χ0v) is 10.4. The van der Waals surface area contributed by atoms with Crippen molar-refractivity contribution in [3.8, 4) is 23.0 Å². The van der Waals surface area contributed by atoms with Crippen molar-refractivity contribution in [1.82, 2.24) is 10.1 Å². The Bertz CT molecular complexity index is 535. The first-order valence-electron chi connectivity index (χ1n) is 5.91. The average Bonchev–Trinajstić information content (AvgIpc) is 2.75. The van der Waals surface area contributed by atoms with Crippen LogP contribution in [-0.2, 0) is 6.42 Å². The highest BCUT2D eigenvalue weighted by atomic mass is 16.5. The Labute approximate surface area is 105 Å². The van der Waals surface area contributed by atoms with Crippen molar-refractivity contribution in [3.05, 3.63) is 24.0 Å². The minimum absolute atomic E-state index is 0.00389. The molecule has 0 spiro atoms. The van der Waals surface area contributed by atoms with Gasteiger partial charge in [-0.05, 0) is 24.5 Å². The van der Waals surface area contributed by atoms with Gasteiger partial charge in [-0.25, -0.2) is 0 Å². The minimum atomic E-state index is -0.0749. The minimum Gasteiger partial charge on any atom is -0.508 e. The molecule has 0 amide bonds. The summed E-state index contributed by atoms with van der Waals surface area (Å²) in [5.41, 5.74) is 0.427. The summed E-state index contributed by atoms with van der Waals surface area (Å²) >= 11 is 0. The fourth-order valence-corrected chi connectivity index (χ4v) is 1.58. The first-order chi connectivity index (χ1) is 8.56. The summed E-state index contributed by atoms with van der Waals surface area (Å²) in [4.78, 5) is 4.22. The number of phenolic OH excluding ortho intramolecular Hbond substituents is 2. The molecule has 1 aromatic heterocycles. The summed E-state index contributed by atoms with van der Waals surface area (Å²) in [5.74, 6) is 1.40. The van der Waals surface area contributed by atoms with Gasteiger partial charge in [0.25, 0.3) is 5.89 Å². The first kappa shape index (κ1) is 12.4. The van der Waals surface area contributed by atoms with E-state index >= 15 is 0 Å². The number of aryl methyl sites for hydroxylation is 1. The van der Waals surface area contributed by atoms with Crippen LogP contribution in [0, 0.1) is 5.92 Å². The van der Waals surface area contributed by atoms with Gasteiger partial charge in [0.05, 0.1) is 5.56 Å². The Morgan fingerprint density at radius 1 is 1.28 bits per heavy atom. The lowest BCUT2D eigenvalue weighted by atomic mass is 10.1. The van der Waals surface area contributed by atoms with Crippen molar-refractivity contribution >= 4 is 0 Å². The summed E-state index contributed by atoms with van der Waals surface area (Å²) in [6.07, 6.45) is 1.74. The molecular formula is C13H16N2O3. The third-order valence-electron chi connectivity index (χ3n) is 2.63. The van der Waals surface area contributed by atoms with Crippen LogP contribution >= 0.6 is 0 Å². The summed E-state index contributed by atoms with van der Waals surface area (Å²) in [6.45, 7) is 4.26. The first-order valence-corrected chi connectivity index (χ1v) is 5.91. The highest BCUT2D eigenvalue weighted by molar-refractivity contribution is 5.63. The molecule has 0 aliphatic heterocycles.